The van der Waals surface area contributed by atoms with Crippen LogP contribution in [-0.2, 0) is 9.59 Å². The minimum atomic E-state index is -0.269. The van der Waals surface area contributed by atoms with Crippen molar-refractivity contribution in [3.05, 3.63) is 0 Å². The lowest BCUT2D eigenvalue weighted by Crippen LogP contribution is -2.45. The molecule has 0 bridgehead atoms. The predicted octanol–water partition coefficient (Wildman–Crippen LogP) is -0.652. The Labute approximate surface area is 120 Å². The van der Waals surface area contributed by atoms with Gasteiger partial charge in [-0.2, -0.15) is 0 Å². The molecule has 2 aliphatic heterocycles. The molecule has 0 saturated carbocycles. The van der Waals surface area contributed by atoms with Crippen LogP contribution in [0.1, 0.15) is 19.3 Å². The van der Waals surface area contributed by atoms with E-state index in [1.165, 1.54) is 6.42 Å². The molecule has 2 aliphatic rings. The van der Waals surface area contributed by atoms with Crippen LogP contribution in [0.25, 0.3) is 0 Å². The molecule has 2 amide bonds. The van der Waals surface area contributed by atoms with Gasteiger partial charge in [0.2, 0.25) is 11.8 Å². The van der Waals surface area contributed by atoms with E-state index in [1.807, 2.05) is 11.9 Å². The lowest BCUT2D eigenvalue weighted by molar-refractivity contribution is -0.134. The number of piperidine rings is 1. The highest BCUT2D eigenvalue weighted by Gasteiger charge is 2.27. The van der Waals surface area contributed by atoms with Crippen molar-refractivity contribution in [2.45, 2.75) is 19.3 Å². The molecule has 20 heavy (non-hydrogen) atoms. The summed E-state index contributed by atoms with van der Waals surface area (Å²) in [6, 6.07) is 0. The summed E-state index contributed by atoms with van der Waals surface area (Å²) in [5.74, 6) is -0.261. The molecule has 0 aromatic heterocycles. The van der Waals surface area contributed by atoms with Crippen molar-refractivity contribution in [1.82, 2.24) is 14.7 Å². The van der Waals surface area contributed by atoms with E-state index in [4.69, 9.17) is 5.73 Å². The van der Waals surface area contributed by atoms with Crippen molar-refractivity contribution >= 4 is 11.8 Å². The molecule has 2 N–H and O–H groups in total. The Morgan fingerprint density at radius 3 is 2.40 bits per heavy atom. The Balaban J connectivity index is 1.89. The molecule has 0 aromatic carbocycles. The molecule has 114 valence electrons. The van der Waals surface area contributed by atoms with E-state index in [0.717, 1.165) is 39.0 Å². The van der Waals surface area contributed by atoms with Crippen molar-refractivity contribution in [3.63, 3.8) is 0 Å². The number of carbonyl (C=O) groups is 2. The SMILES string of the molecule is CN1CCN(CC(=O)N2CCCCC2)C[C@@H](C(N)=O)C1. The molecule has 1 atom stereocenters. The number of nitrogens with two attached hydrogens (primary N) is 1. The van der Waals surface area contributed by atoms with Crippen LogP contribution in [0.4, 0.5) is 0 Å². The van der Waals surface area contributed by atoms with E-state index in [0.29, 0.717) is 19.6 Å². The van der Waals surface area contributed by atoms with Crippen LogP contribution < -0.4 is 5.73 Å². The zero-order valence-corrected chi connectivity index (χ0v) is 12.4. The summed E-state index contributed by atoms with van der Waals surface area (Å²) in [5, 5.41) is 0. The van der Waals surface area contributed by atoms with E-state index in [2.05, 4.69) is 9.80 Å². The quantitative estimate of drug-likeness (QED) is 0.747. The van der Waals surface area contributed by atoms with Gasteiger partial charge in [-0.05, 0) is 26.3 Å². The van der Waals surface area contributed by atoms with Crippen LogP contribution in [0.15, 0.2) is 0 Å². The second kappa shape index (κ2) is 7.04. The molecule has 2 fully saturated rings. The van der Waals surface area contributed by atoms with Gasteiger partial charge < -0.3 is 15.5 Å². The first-order valence-electron chi connectivity index (χ1n) is 7.54. The number of carbonyl (C=O) groups excluding carboxylic acids is 2. The fourth-order valence-corrected chi connectivity index (χ4v) is 3.00. The molecule has 0 aliphatic carbocycles. The zero-order chi connectivity index (χ0) is 14.5. The number of hydrogen-bond donors (Lipinski definition) is 1. The Hall–Kier alpha value is -1.14. The first kappa shape index (κ1) is 15.3. The second-order valence-electron chi connectivity index (χ2n) is 6.04. The lowest BCUT2D eigenvalue weighted by Gasteiger charge is -2.30. The van der Waals surface area contributed by atoms with Crippen LogP contribution in [0.2, 0.25) is 0 Å². The molecule has 2 saturated heterocycles. The number of likely N-dealkylation sites (N-methyl/N-ethyl adjacent to an activating group) is 1. The number of primary amides is 1. The molecule has 2 rings (SSSR count). The summed E-state index contributed by atoms with van der Waals surface area (Å²) < 4.78 is 0. The first-order valence-corrected chi connectivity index (χ1v) is 7.54. The maximum Gasteiger partial charge on any atom is 0.236 e. The zero-order valence-electron chi connectivity index (χ0n) is 12.4. The van der Waals surface area contributed by atoms with E-state index < -0.39 is 0 Å². The number of hydrogen-bond acceptors (Lipinski definition) is 4. The van der Waals surface area contributed by atoms with Gasteiger partial charge in [0.1, 0.15) is 0 Å². The maximum atomic E-state index is 12.3. The van der Waals surface area contributed by atoms with Crippen LogP contribution in [0.5, 0.6) is 0 Å². The van der Waals surface area contributed by atoms with Crippen molar-refractivity contribution in [2.75, 3.05) is 52.9 Å². The minimum Gasteiger partial charge on any atom is -0.369 e. The van der Waals surface area contributed by atoms with Gasteiger partial charge in [0, 0.05) is 39.3 Å². The molecular weight excluding hydrogens is 256 g/mol. The fourth-order valence-electron chi connectivity index (χ4n) is 3.00. The van der Waals surface area contributed by atoms with E-state index in [1.54, 1.807) is 0 Å². The molecule has 0 aromatic rings. The van der Waals surface area contributed by atoms with E-state index in [9.17, 15) is 9.59 Å². The highest BCUT2D eigenvalue weighted by Crippen LogP contribution is 2.11. The van der Waals surface area contributed by atoms with Crippen LogP contribution in [-0.4, -0.2) is 79.4 Å². The summed E-state index contributed by atoms with van der Waals surface area (Å²) in [6.45, 7) is 5.15. The Morgan fingerprint density at radius 2 is 1.75 bits per heavy atom. The Morgan fingerprint density at radius 1 is 1.05 bits per heavy atom. The largest absolute Gasteiger partial charge is 0.369 e. The van der Waals surface area contributed by atoms with Crippen LogP contribution in [0, 0.1) is 5.92 Å². The molecule has 6 nitrogen and oxygen atoms in total. The standard InChI is InChI=1S/C14H26N4O2/c1-16-7-8-17(10-12(9-16)14(15)20)11-13(19)18-5-3-2-4-6-18/h12H,2-11H2,1H3,(H2,15,20)/t12-/m0/s1. The van der Waals surface area contributed by atoms with Gasteiger partial charge >= 0.3 is 0 Å². The molecule has 2 heterocycles. The van der Waals surface area contributed by atoms with Gasteiger partial charge in [-0.25, -0.2) is 0 Å². The lowest BCUT2D eigenvalue weighted by atomic mass is 10.1. The third-order valence-corrected chi connectivity index (χ3v) is 4.28. The Kier molecular flexibility index (Phi) is 5.37. The van der Waals surface area contributed by atoms with Gasteiger partial charge in [-0.3, -0.25) is 14.5 Å². The van der Waals surface area contributed by atoms with Crippen molar-refractivity contribution in [2.24, 2.45) is 11.7 Å². The summed E-state index contributed by atoms with van der Waals surface area (Å²) >= 11 is 0. The molecular formula is C14H26N4O2. The fraction of sp³-hybridized carbons (Fsp3) is 0.857. The topological polar surface area (TPSA) is 69.9 Å². The summed E-state index contributed by atoms with van der Waals surface area (Å²) in [4.78, 5) is 29.9. The van der Waals surface area contributed by atoms with E-state index >= 15 is 0 Å². The average Bonchev–Trinajstić information content (AvgIpc) is 2.62. The van der Waals surface area contributed by atoms with E-state index in [-0.39, 0.29) is 17.7 Å². The second-order valence-corrected chi connectivity index (χ2v) is 6.04. The monoisotopic (exact) mass is 282 g/mol. The smallest absolute Gasteiger partial charge is 0.236 e. The molecule has 0 spiro atoms. The number of amides is 2. The normalized spacial score (nSPS) is 26.2. The summed E-state index contributed by atoms with van der Waals surface area (Å²) in [7, 11) is 1.99. The van der Waals surface area contributed by atoms with Gasteiger partial charge in [-0.1, -0.05) is 0 Å². The van der Waals surface area contributed by atoms with Gasteiger partial charge in [0.15, 0.2) is 0 Å². The van der Waals surface area contributed by atoms with Gasteiger partial charge in [0.05, 0.1) is 12.5 Å². The molecule has 6 heteroatoms. The van der Waals surface area contributed by atoms with Crippen molar-refractivity contribution < 1.29 is 9.59 Å². The van der Waals surface area contributed by atoms with Crippen molar-refractivity contribution in [1.29, 1.82) is 0 Å². The number of likely N-dealkylation sites (tertiary alicyclic amines) is 1. The van der Waals surface area contributed by atoms with Gasteiger partial charge in [-0.15, -0.1) is 0 Å². The summed E-state index contributed by atoms with van der Waals surface area (Å²) in [5.41, 5.74) is 5.45. The Bertz CT molecular complexity index is 355. The number of nitrogens with zero attached hydrogens (tertiary/aromatic N) is 3. The summed E-state index contributed by atoms with van der Waals surface area (Å²) in [6.07, 6.45) is 3.44. The van der Waals surface area contributed by atoms with Gasteiger partial charge in [0.25, 0.3) is 0 Å². The highest BCUT2D eigenvalue weighted by atomic mass is 16.2. The van der Waals surface area contributed by atoms with Crippen LogP contribution in [0.3, 0.4) is 0 Å². The minimum absolute atomic E-state index is 0.184. The third-order valence-electron chi connectivity index (χ3n) is 4.28. The first-order chi connectivity index (χ1) is 9.56. The molecule has 0 unspecified atom stereocenters. The molecule has 0 radical (unpaired) electrons. The third kappa shape index (κ3) is 4.18. The van der Waals surface area contributed by atoms with Crippen molar-refractivity contribution in [3.8, 4) is 0 Å². The van der Waals surface area contributed by atoms with Crippen LogP contribution >= 0.6 is 0 Å². The highest BCUT2D eigenvalue weighted by molar-refractivity contribution is 5.79. The maximum absolute atomic E-state index is 12.3. The number of rotatable bonds is 3. The predicted molar refractivity (Wildman–Crippen MR) is 77.1 cm³/mol. The average molecular weight is 282 g/mol.